The third-order valence-electron chi connectivity index (χ3n) is 5.37. The second-order valence-electron chi connectivity index (χ2n) is 7.37. The number of hydrogen-bond acceptors (Lipinski definition) is 4. The highest BCUT2D eigenvalue weighted by Crippen LogP contribution is 2.37. The monoisotopic (exact) mass is 415 g/mol. The Hall–Kier alpha value is -3.13. The first-order chi connectivity index (χ1) is 14.3. The van der Waals surface area contributed by atoms with Crippen molar-refractivity contribution < 1.29 is 22.8 Å². The molecule has 2 aliphatic heterocycles. The average Bonchev–Trinajstić information content (AvgIpc) is 2.99. The number of rotatable bonds is 3. The van der Waals surface area contributed by atoms with Crippen molar-refractivity contribution in [1.82, 2.24) is 9.80 Å². The molecule has 2 heterocycles. The van der Waals surface area contributed by atoms with Gasteiger partial charge in [-0.25, -0.2) is 4.90 Å². The Morgan fingerprint density at radius 1 is 0.833 bits per heavy atom. The minimum absolute atomic E-state index is 0.0858. The maximum absolute atomic E-state index is 13.4. The lowest BCUT2D eigenvalue weighted by molar-refractivity contribution is -0.137. The molecule has 156 valence electrons. The first-order valence-corrected chi connectivity index (χ1v) is 9.56. The molecule has 2 aromatic carbocycles. The van der Waals surface area contributed by atoms with Gasteiger partial charge in [-0.2, -0.15) is 13.2 Å². The molecule has 0 unspecified atom stereocenters. The zero-order valence-corrected chi connectivity index (χ0v) is 16.3. The lowest BCUT2D eigenvalue weighted by Gasteiger charge is -2.34. The van der Waals surface area contributed by atoms with E-state index >= 15 is 0 Å². The van der Waals surface area contributed by atoms with Crippen LogP contribution in [0, 0.1) is 0 Å². The maximum atomic E-state index is 13.4. The summed E-state index contributed by atoms with van der Waals surface area (Å²) in [6.45, 7) is 2.54. The molecular formula is C22H20F3N3O2. The Bertz CT molecular complexity index is 1010. The van der Waals surface area contributed by atoms with Crippen molar-refractivity contribution in [3.63, 3.8) is 0 Å². The van der Waals surface area contributed by atoms with Gasteiger partial charge in [-0.1, -0.05) is 36.4 Å². The molecule has 0 saturated carbocycles. The van der Waals surface area contributed by atoms with Crippen LogP contribution in [0.3, 0.4) is 0 Å². The number of piperazine rings is 1. The molecule has 0 bridgehead atoms. The van der Waals surface area contributed by atoms with E-state index < -0.39 is 23.6 Å². The van der Waals surface area contributed by atoms with E-state index in [0.717, 1.165) is 30.1 Å². The fourth-order valence-electron chi connectivity index (χ4n) is 3.76. The van der Waals surface area contributed by atoms with E-state index in [1.165, 1.54) is 12.1 Å². The van der Waals surface area contributed by atoms with Crippen LogP contribution in [0.15, 0.2) is 60.3 Å². The van der Waals surface area contributed by atoms with Gasteiger partial charge in [-0.3, -0.25) is 9.59 Å². The van der Waals surface area contributed by atoms with E-state index in [-0.39, 0.29) is 17.0 Å². The molecule has 4 rings (SSSR count). The van der Waals surface area contributed by atoms with Gasteiger partial charge in [0.1, 0.15) is 5.70 Å². The Balaban J connectivity index is 1.79. The summed E-state index contributed by atoms with van der Waals surface area (Å²) in [6.07, 6.45) is -4.57. The smallest absolute Gasteiger partial charge is 0.364 e. The van der Waals surface area contributed by atoms with E-state index in [2.05, 4.69) is 4.90 Å². The standard InChI is InChI=1S/C22H20F3N3O2/c1-26-10-12-27(13-11-26)19-18(15-6-3-2-4-7-15)20(29)28(21(19)30)17-9-5-8-16(14-17)22(23,24)25/h2-9,14H,10-13H2,1H3. The van der Waals surface area contributed by atoms with Crippen LogP contribution in [0.2, 0.25) is 0 Å². The molecule has 0 aromatic heterocycles. The van der Waals surface area contributed by atoms with E-state index in [1.54, 1.807) is 30.3 Å². The molecule has 0 spiro atoms. The zero-order chi connectivity index (χ0) is 21.5. The molecule has 0 aliphatic carbocycles. The fourth-order valence-corrected chi connectivity index (χ4v) is 3.76. The number of alkyl halides is 3. The number of benzene rings is 2. The minimum Gasteiger partial charge on any atom is -0.364 e. The second kappa shape index (κ2) is 7.60. The summed E-state index contributed by atoms with van der Waals surface area (Å²) in [5.74, 6) is -1.21. The number of nitrogens with zero attached hydrogens (tertiary/aromatic N) is 3. The summed E-state index contributed by atoms with van der Waals surface area (Å²) >= 11 is 0. The van der Waals surface area contributed by atoms with Crippen LogP contribution in [-0.2, 0) is 15.8 Å². The molecule has 2 amide bonds. The normalized spacial score (nSPS) is 18.5. The lowest BCUT2D eigenvalue weighted by atomic mass is 10.0. The van der Waals surface area contributed by atoms with Crippen LogP contribution < -0.4 is 4.90 Å². The summed E-state index contributed by atoms with van der Waals surface area (Å²) in [5, 5.41) is 0. The Kier molecular flexibility index (Phi) is 5.11. The molecule has 2 aromatic rings. The van der Waals surface area contributed by atoms with E-state index in [9.17, 15) is 22.8 Å². The molecule has 30 heavy (non-hydrogen) atoms. The van der Waals surface area contributed by atoms with Crippen molar-refractivity contribution in [1.29, 1.82) is 0 Å². The number of amides is 2. The molecule has 1 fully saturated rings. The highest BCUT2D eigenvalue weighted by Gasteiger charge is 2.43. The number of anilines is 1. The van der Waals surface area contributed by atoms with Gasteiger partial charge in [0.05, 0.1) is 16.8 Å². The van der Waals surface area contributed by atoms with Crippen molar-refractivity contribution in [2.75, 3.05) is 38.1 Å². The SMILES string of the molecule is CN1CCN(C2=C(c3ccccc3)C(=O)N(c3cccc(C(F)(F)F)c3)C2=O)CC1. The number of carbonyl (C=O) groups is 2. The largest absolute Gasteiger partial charge is 0.416 e. The van der Waals surface area contributed by atoms with Crippen LogP contribution in [0.1, 0.15) is 11.1 Å². The number of hydrogen-bond donors (Lipinski definition) is 0. The van der Waals surface area contributed by atoms with Crippen molar-refractivity contribution >= 4 is 23.1 Å². The van der Waals surface area contributed by atoms with Crippen molar-refractivity contribution in [3.8, 4) is 0 Å². The van der Waals surface area contributed by atoms with Gasteiger partial charge in [-0.05, 0) is 30.8 Å². The van der Waals surface area contributed by atoms with Gasteiger partial charge < -0.3 is 9.80 Å². The lowest BCUT2D eigenvalue weighted by Crippen LogP contribution is -2.46. The fraction of sp³-hybridized carbons (Fsp3) is 0.273. The van der Waals surface area contributed by atoms with Crippen molar-refractivity contribution in [2.24, 2.45) is 0 Å². The molecule has 2 aliphatic rings. The predicted octanol–water partition coefficient (Wildman–Crippen LogP) is 3.24. The third kappa shape index (κ3) is 3.59. The number of likely N-dealkylation sites (N-methyl/N-ethyl adjacent to an activating group) is 1. The predicted molar refractivity (Wildman–Crippen MR) is 106 cm³/mol. The quantitative estimate of drug-likeness (QED) is 0.722. The molecule has 0 atom stereocenters. The van der Waals surface area contributed by atoms with Crippen LogP contribution in [0.5, 0.6) is 0 Å². The first-order valence-electron chi connectivity index (χ1n) is 9.56. The summed E-state index contributed by atoms with van der Waals surface area (Å²) in [6, 6.07) is 13.1. The Morgan fingerprint density at radius 3 is 2.13 bits per heavy atom. The summed E-state index contributed by atoms with van der Waals surface area (Å²) in [5.41, 5.74) is 0.0471. The molecular weight excluding hydrogens is 395 g/mol. The topological polar surface area (TPSA) is 43.9 Å². The third-order valence-corrected chi connectivity index (χ3v) is 5.37. The van der Waals surface area contributed by atoms with E-state index in [4.69, 9.17) is 0 Å². The van der Waals surface area contributed by atoms with Gasteiger partial charge >= 0.3 is 6.18 Å². The van der Waals surface area contributed by atoms with Crippen LogP contribution >= 0.6 is 0 Å². The van der Waals surface area contributed by atoms with E-state index in [0.29, 0.717) is 18.7 Å². The average molecular weight is 415 g/mol. The number of halogens is 3. The van der Waals surface area contributed by atoms with Gasteiger partial charge in [0.15, 0.2) is 0 Å². The van der Waals surface area contributed by atoms with Crippen molar-refractivity contribution in [3.05, 3.63) is 71.4 Å². The maximum Gasteiger partial charge on any atom is 0.416 e. The van der Waals surface area contributed by atoms with Gasteiger partial charge in [0, 0.05) is 26.2 Å². The van der Waals surface area contributed by atoms with Gasteiger partial charge in [-0.15, -0.1) is 0 Å². The van der Waals surface area contributed by atoms with Gasteiger partial charge in [0.2, 0.25) is 0 Å². The molecule has 0 radical (unpaired) electrons. The Labute approximate surface area is 172 Å². The Morgan fingerprint density at radius 2 is 1.50 bits per heavy atom. The second-order valence-corrected chi connectivity index (χ2v) is 7.37. The van der Waals surface area contributed by atoms with Crippen LogP contribution in [0.25, 0.3) is 5.57 Å². The van der Waals surface area contributed by atoms with Crippen LogP contribution in [0.4, 0.5) is 18.9 Å². The summed E-state index contributed by atoms with van der Waals surface area (Å²) in [7, 11) is 1.97. The number of imide groups is 1. The highest BCUT2D eigenvalue weighted by molar-refractivity contribution is 6.45. The molecule has 1 saturated heterocycles. The number of carbonyl (C=O) groups excluding carboxylic acids is 2. The van der Waals surface area contributed by atoms with Gasteiger partial charge in [0.25, 0.3) is 11.8 Å². The zero-order valence-electron chi connectivity index (χ0n) is 16.3. The first kappa shape index (κ1) is 20.2. The summed E-state index contributed by atoms with van der Waals surface area (Å²) in [4.78, 5) is 31.5. The summed E-state index contributed by atoms with van der Waals surface area (Å²) < 4.78 is 39.5. The molecule has 0 N–H and O–H groups in total. The van der Waals surface area contributed by atoms with Crippen molar-refractivity contribution in [2.45, 2.75) is 6.18 Å². The van der Waals surface area contributed by atoms with Crippen LogP contribution in [-0.4, -0.2) is 54.8 Å². The molecule has 5 nitrogen and oxygen atoms in total. The highest BCUT2D eigenvalue weighted by atomic mass is 19.4. The molecule has 8 heteroatoms. The van der Waals surface area contributed by atoms with E-state index in [1.807, 2.05) is 11.9 Å². The minimum atomic E-state index is -4.57.